The van der Waals surface area contributed by atoms with Gasteiger partial charge in [0.1, 0.15) is 16.9 Å². The Labute approximate surface area is 112 Å². The molecule has 0 aliphatic rings. The zero-order valence-electron chi connectivity index (χ0n) is 9.41. The molecule has 0 amide bonds. The number of nitrogens with two attached hydrogens (primary N) is 1. The van der Waals surface area contributed by atoms with Gasteiger partial charge in [0.05, 0.1) is 6.33 Å². The first kappa shape index (κ1) is 11.6. The van der Waals surface area contributed by atoms with Crippen molar-refractivity contribution in [2.24, 2.45) is 5.73 Å². The zero-order valence-corrected chi connectivity index (χ0v) is 11.0. The summed E-state index contributed by atoms with van der Waals surface area (Å²) < 4.78 is 0. The van der Waals surface area contributed by atoms with E-state index in [0.717, 1.165) is 10.5 Å². The van der Waals surface area contributed by atoms with Gasteiger partial charge in [0.2, 0.25) is 0 Å². The monoisotopic (exact) mass is 277 g/mol. The molecule has 18 heavy (non-hydrogen) atoms. The fourth-order valence-electron chi connectivity index (χ4n) is 1.68. The van der Waals surface area contributed by atoms with Crippen LogP contribution < -0.4 is 5.73 Å². The van der Waals surface area contributed by atoms with Crippen molar-refractivity contribution in [3.8, 4) is 0 Å². The number of hydrogen-bond donors (Lipinski definition) is 2. The van der Waals surface area contributed by atoms with Crippen LogP contribution in [0, 0.1) is 0 Å². The van der Waals surface area contributed by atoms with Gasteiger partial charge in [-0.1, -0.05) is 11.8 Å². The van der Waals surface area contributed by atoms with Crippen molar-refractivity contribution in [3.63, 3.8) is 0 Å². The van der Waals surface area contributed by atoms with Crippen LogP contribution in [0.2, 0.25) is 0 Å². The molecule has 92 valence electrons. The van der Waals surface area contributed by atoms with Crippen LogP contribution in [0.15, 0.2) is 34.5 Å². The predicted molar refractivity (Wildman–Crippen MR) is 73.7 cm³/mol. The highest BCUT2D eigenvalue weighted by Crippen LogP contribution is 2.36. The normalized spacial score (nSPS) is 12.9. The van der Waals surface area contributed by atoms with Crippen LogP contribution in [0.1, 0.15) is 10.8 Å². The average molecular weight is 277 g/mol. The van der Waals surface area contributed by atoms with Crippen molar-refractivity contribution in [1.82, 2.24) is 19.9 Å². The average Bonchev–Trinajstić information content (AvgIpc) is 3.06. The Morgan fingerprint density at radius 2 is 2.33 bits per heavy atom. The van der Waals surface area contributed by atoms with Crippen LogP contribution in [0.3, 0.4) is 0 Å². The maximum absolute atomic E-state index is 5.85. The molecule has 3 N–H and O–H groups in total. The third kappa shape index (κ3) is 2.12. The number of nitrogens with one attached hydrogen (secondary N) is 1. The van der Waals surface area contributed by atoms with E-state index in [0.29, 0.717) is 12.2 Å². The minimum Gasteiger partial charge on any atom is -0.341 e. The molecule has 0 bridgehead atoms. The number of aromatic nitrogens is 4. The second-order valence-electron chi connectivity index (χ2n) is 3.68. The molecule has 5 nitrogen and oxygen atoms in total. The van der Waals surface area contributed by atoms with Crippen LogP contribution in [0.25, 0.3) is 11.2 Å². The zero-order chi connectivity index (χ0) is 12.4. The molecule has 3 aromatic heterocycles. The third-order valence-corrected chi connectivity index (χ3v) is 4.55. The van der Waals surface area contributed by atoms with Crippen molar-refractivity contribution in [2.75, 3.05) is 6.54 Å². The van der Waals surface area contributed by atoms with Gasteiger partial charge in [0.25, 0.3) is 0 Å². The molecule has 3 heterocycles. The molecule has 1 unspecified atom stereocenters. The Hall–Kier alpha value is -1.44. The Morgan fingerprint density at radius 1 is 1.39 bits per heavy atom. The molecule has 0 radical (unpaired) electrons. The number of aromatic amines is 1. The summed E-state index contributed by atoms with van der Waals surface area (Å²) in [6.45, 7) is 0.570. The summed E-state index contributed by atoms with van der Waals surface area (Å²) in [6.07, 6.45) is 3.16. The minimum absolute atomic E-state index is 0.206. The molecule has 0 saturated heterocycles. The number of nitrogens with zero attached hydrogens (tertiary/aromatic N) is 3. The van der Waals surface area contributed by atoms with Crippen molar-refractivity contribution in [2.45, 2.75) is 10.3 Å². The van der Waals surface area contributed by atoms with Gasteiger partial charge in [0, 0.05) is 11.8 Å². The lowest BCUT2D eigenvalue weighted by Gasteiger charge is -2.12. The number of thioether (sulfide) groups is 1. The highest BCUT2D eigenvalue weighted by atomic mass is 32.2. The van der Waals surface area contributed by atoms with Gasteiger partial charge in [-0.2, -0.15) is 11.3 Å². The lowest BCUT2D eigenvalue weighted by atomic mass is 10.2. The summed E-state index contributed by atoms with van der Waals surface area (Å²) in [5, 5.41) is 5.28. The van der Waals surface area contributed by atoms with Crippen molar-refractivity contribution >= 4 is 34.3 Å². The Balaban J connectivity index is 1.93. The van der Waals surface area contributed by atoms with Crippen LogP contribution in [0.4, 0.5) is 0 Å². The summed E-state index contributed by atoms with van der Waals surface area (Å²) >= 11 is 3.32. The summed E-state index contributed by atoms with van der Waals surface area (Å²) in [4.78, 5) is 15.6. The van der Waals surface area contributed by atoms with E-state index in [1.807, 2.05) is 0 Å². The molecule has 0 saturated carbocycles. The largest absolute Gasteiger partial charge is 0.341 e. The summed E-state index contributed by atoms with van der Waals surface area (Å²) in [7, 11) is 0. The highest BCUT2D eigenvalue weighted by molar-refractivity contribution is 7.99. The second-order valence-corrected chi connectivity index (χ2v) is 5.65. The lowest BCUT2D eigenvalue weighted by molar-refractivity contribution is 0.939. The van der Waals surface area contributed by atoms with Gasteiger partial charge < -0.3 is 10.7 Å². The van der Waals surface area contributed by atoms with E-state index in [2.05, 4.69) is 36.8 Å². The second kappa shape index (κ2) is 5.05. The molecule has 0 aliphatic carbocycles. The first-order valence-electron chi connectivity index (χ1n) is 5.41. The standard InChI is InChI=1S/C11H11N5S2/c12-3-8(7-1-2-17-4-7)18-11-9-10(14-5-13-9)15-6-16-11/h1-2,4-6,8H,3,12H2,(H,13,14,15,16). The Morgan fingerprint density at radius 3 is 3.11 bits per heavy atom. The third-order valence-electron chi connectivity index (χ3n) is 2.57. The SMILES string of the molecule is NCC(Sc1ncnc2nc[nH]c12)c1ccsc1. The van der Waals surface area contributed by atoms with Crippen molar-refractivity contribution in [1.29, 1.82) is 0 Å². The number of thiophene rings is 1. The Kier molecular flexibility index (Phi) is 3.26. The van der Waals surface area contributed by atoms with Crippen LogP contribution >= 0.6 is 23.1 Å². The smallest absolute Gasteiger partial charge is 0.181 e. The van der Waals surface area contributed by atoms with Gasteiger partial charge >= 0.3 is 0 Å². The summed E-state index contributed by atoms with van der Waals surface area (Å²) in [5.41, 5.74) is 8.64. The van der Waals surface area contributed by atoms with Gasteiger partial charge in [-0.25, -0.2) is 15.0 Å². The minimum atomic E-state index is 0.206. The molecule has 7 heteroatoms. The number of hydrogen-bond acceptors (Lipinski definition) is 6. The van der Waals surface area contributed by atoms with Gasteiger partial charge in [0.15, 0.2) is 5.65 Å². The molecular formula is C11H11N5S2. The molecule has 0 spiro atoms. The van der Waals surface area contributed by atoms with Crippen LogP contribution in [0.5, 0.6) is 0 Å². The van der Waals surface area contributed by atoms with Crippen LogP contribution in [-0.4, -0.2) is 26.5 Å². The van der Waals surface area contributed by atoms with Crippen molar-refractivity contribution in [3.05, 3.63) is 35.0 Å². The molecule has 3 aromatic rings. The van der Waals surface area contributed by atoms with Gasteiger partial charge in [-0.15, -0.1) is 0 Å². The van der Waals surface area contributed by atoms with E-state index in [9.17, 15) is 0 Å². The maximum Gasteiger partial charge on any atom is 0.181 e. The fourth-order valence-corrected chi connectivity index (χ4v) is 3.50. The molecule has 0 aliphatic heterocycles. The van der Waals surface area contributed by atoms with E-state index >= 15 is 0 Å². The number of H-pyrrole nitrogens is 1. The van der Waals surface area contributed by atoms with Gasteiger partial charge in [-0.3, -0.25) is 0 Å². The number of imidazole rings is 1. The Bertz CT molecular complexity index is 634. The molecular weight excluding hydrogens is 266 g/mol. The first-order chi connectivity index (χ1) is 8.88. The lowest BCUT2D eigenvalue weighted by Crippen LogP contribution is -2.08. The van der Waals surface area contributed by atoms with E-state index in [4.69, 9.17) is 5.73 Å². The van der Waals surface area contributed by atoms with E-state index in [1.165, 1.54) is 11.9 Å². The van der Waals surface area contributed by atoms with E-state index < -0.39 is 0 Å². The maximum atomic E-state index is 5.85. The van der Waals surface area contributed by atoms with Crippen LogP contribution in [-0.2, 0) is 0 Å². The quantitative estimate of drug-likeness (QED) is 0.564. The van der Waals surface area contributed by atoms with Gasteiger partial charge in [-0.05, 0) is 22.4 Å². The predicted octanol–water partition coefficient (Wildman–Crippen LogP) is 2.21. The number of rotatable bonds is 4. The molecule has 0 fully saturated rings. The first-order valence-corrected chi connectivity index (χ1v) is 7.23. The van der Waals surface area contributed by atoms with E-state index in [-0.39, 0.29) is 5.25 Å². The molecule has 3 rings (SSSR count). The fraction of sp³-hybridized carbons (Fsp3) is 0.182. The van der Waals surface area contributed by atoms with E-state index in [1.54, 1.807) is 29.4 Å². The highest BCUT2D eigenvalue weighted by Gasteiger charge is 2.15. The summed E-state index contributed by atoms with van der Waals surface area (Å²) in [6, 6.07) is 2.10. The molecule has 1 atom stereocenters. The topological polar surface area (TPSA) is 80.5 Å². The van der Waals surface area contributed by atoms with Crippen molar-refractivity contribution < 1.29 is 0 Å². The molecule has 0 aromatic carbocycles. The number of fused-ring (bicyclic) bond motifs is 1. The summed E-state index contributed by atoms with van der Waals surface area (Å²) in [5.74, 6) is 0.